The molecule has 1 heterocycles. The topological polar surface area (TPSA) is 87.9 Å². The summed E-state index contributed by atoms with van der Waals surface area (Å²) in [5, 5.41) is 13.2. The highest BCUT2D eigenvalue weighted by Gasteiger charge is 2.15. The molecular weight excluding hydrogens is 324 g/mol. The molecule has 0 aliphatic heterocycles. The van der Waals surface area contributed by atoms with E-state index in [-0.39, 0.29) is 12.6 Å². The van der Waals surface area contributed by atoms with Crippen LogP contribution in [0.3, 0.4) is 0 Å². The third-order valence-electron chi connectivity index (χ3n) is 3.21. The molecule has 0 saturated carbocycles. The lowest BCUT2D eigenvalue weighted by Crippen LogP contribution is -2.14. The Morgan fingerprint density at radius 1 is 1.33 bits per heavy atom. The standard InChI is InChI=1S/C17H18N4O2S/c1-11-4-6-13(7-5-11)15-14(10-18)16(21-17(20-15)24-3)19-8-9-23-12(2)22/h4-7H,8-9H2,1-3H3,(H,19,20,21). The van der Waals surface area contributed by atoms with E-state index in [0.29, 0.717) is 28.8 Å². The number of thioether (sulfide) groups is 1. The van der Waals surface area contributed by atoms with E-state index in [4.69, 9.17) is 4.74 Å². The first-order chi connectivity index (χ1) is 11.5. The van der Waals surface area contributed by atoms with Gasteiger partial charge in [0, 0.05) is 12.5 Å². The molecule has 0 unspecified atom stereocenters. The van der Waals surface area contributed by atoms with E-state index in [0.717, 1.165) is 11.1 Å². The summed E-state index contributed by atoms with van der Waals surface area (Å²) < 4.78 is 4.89. The number of aromatic nitrogens is 2. The molecular formula is C17H18N4O2S. The van der Waals surface area contributed by atoms with Gasteiger partial charge in [0.05, 0.1) is 12.2 Å². The number of rotatable bonds is 6. The van der Waals surface area contributed by atoms with E-state index >= 15 is 0 Å². The quantitative estimate of drug-likeness (QED) is 0.373. The number of benzene rings is 1. The number of esters is 1. The fourth-order valence-electron chi connectivity index (χ4n) is 2.05. The second-order valence-electron chi connectivity index (χ2n) is 5.03. The lowest BCUT2D eigenvalue weighted by molar-refractivity contribution is -0.140. The lowest BCUT2D eigenvalue weighted by Gasteiger charge is -2.12. The van der Waals surface area contributed by atoms with Crippen molar-refractivity contribution in [3.63, 3.8) is 0 Å². The summed E-state index contributed by atoms with van der Waals surface area (Å²) in [5.41, 5.74) is 2.96. The van der Waals surface area contributed by atoms with Gasteiger partial charge in [-0.3, -0.25) is 4.79 Å². The second kappa shape index (κ2) is 8.31. The monoisotopic (exact) mass is 342 g/mol. The van der Waals surface area contributed by atoms with Crippen LogP contribution in [0.1, 0.15) is 18.1 Å². The van der Waals surface area contributed by atoms with Crippen molar-refractivity contribution in [1.29, 1.82) is 5.26 Å². The van der Waals surface area contributed by atoms with Crippen LogP contribution in [0.2, 0.25) is 0 Å². The number of hydrogen-bond acceptors (Lipinski definition) is 7. The average molecular weight is 342 g/mol. The molecule has 0 spiro atoms. The van der Waals surface area contributed by atoms with Gasteiger partial charge in [-0.2, -0.15) is 5.26 Å². The molecule has 0 aliphatic rings. The molecule has 1 aromatic heterocycles. The lowest BCUT2D eigenvalue weighted by atomic mass is 10.1. The van der Waals surface area contributed by atoms with Gasteiger partial charge in [-0.05, 0) is 13.2 Å². The first-order valence-corrected chi connectivity index (χ1v) is 8.58. The summed E-state index contributed by atoms with van der Waals surface area (Å²) in [6, 6.07) is 10.00. The van der Waals surface area contributed by atoms with Gasteiger partial charge >= 0.3 is 5.97 Å². The average Bonchev–Trinajstić information content (AvgIpc) is 2.58. The van der Waals surface area contributed by atoms with E-state index in [2.05, 4.69) is 21.4 Å². The SMILES string of the molecule is CSc1nc(NCCOC(C)=O)c(C#N)c(-c2ccc(C)cc2)n1. The van der Waals surface area contributed by atoms with Gasteiger partial charge in [0.1, 0.15) is 24.1 Å². The summed E-state index contributed by atoms with van der Waals surface area (Å²) in [6.07, 6.45) is 1.88. The largest absolute Gasteiger partial charge is 0.464 e. The molecule has 0 saturated heterocycles. The third-order valence-corrected chi connectivity index (χ3v) is 3.76. The number of nitrogens with one attached hydrogen (secondary N) is 1. The number of carbonyl (C=O) groups excluding carboxylic acids is 1. The van der Waals surface area contributed by atoms with Gasteiger partial charge in [-0.25, -0.2) is 9.97 Å². The Kier molecular flexibility index (Phi) is 6.15. The van der Waals surface area contributed by atoms with Crippen LogP contribution in [0.4, 0.5) is 5.82 Å². The Morgan fingerprint density at radius 3 is 2.62 bits per heavy atom. The zero-order valence-corrected chi connectivity index (χ0v) is 14.6. The van der Waals surface area contributed by atoms with Gasteiger partial charge in [-0.1, -0.05) is 41.6 Å². The first-order valence-electron chi connectivity index (χ1n) is 7.35. The van der Waals surface area contributed by atoms with Gasteiger partial charge in [0.25, 0.3) is 0 Å². The Hall–Kier alpha value is -2.59. The van der Waals surface area contributed by atoms with Gasteiger partial charge < -0.3 is 10.1 Å². The fraction of sp³-hybridized carbons (Fsp3) is 0.294. The maximum atomic E-state index is 10.8. The number of anilines is 1. The predicted octanol–water partition coefficient (Wildman–Crippen LogP) is 3.02. The van der Waals surface area contributed by atoms with Crippen LogP contribution >= 0.6 is 11.8 Å². The second-order valence-corrected chi connectivity index (χ2v) is 5.80. The molecule has 0 amide bonds. The number of nitriles is 1. The van der Waals surface area contributed by atoms with Crippen molar-refractivity contribution < 1.29 is 9.53 Å². The number of ether oxygens (including phenoxy) is 1. The van der Waals surface area contributed by atoms with Crippen LogP contribution in [-0.2, 0) is 9.53 Å². The molecule has 1 aromatic carbocycles. The van der Waals surface area contributed by atoms with E-state index in [1.54, 1.807) is 0 Å². The molecule has 0 bridgehead atoms. The number of hydrogen-bond donors (Lipinski definition) is 1. The van der Waals surface area contributed by atoms with Crippen molar-refractivity contribution in [2.45, 2.75) is 19.0 Å². The third kappa shape index (κ3) is 4.46. The Bertz CT molecular complexity index is 769. The molecule has 0 aliphatic carbocycles. The van der Waals surface area contributed by atoms with Crippen LogP contribution < -0.4 is 5.32 Å². The van der Waals surface area contributed by atoms with Crippen LogP contribution in [0.15, 0.2) is 29.4 Å². The van der Waals surface area contributed by atoms with E-state index < -0.39 is 0 Å². The Labute approximate surface area is 145 Å². The van der Waals surface area contributed by atoms with Crippen molar-refractivity contribution in [3.8, 4) is 17.3 Å². The van der Waals surface area contributed by atoms with Crippen LogP contribution in [0, 0.1) is 18.3 Å². The maximum absolute atomic E-state index is 10.8. The molecule has 6 nitrogen and oxygen atoms in total. The summed E-state index contributed by atoms with van der Waals surface area (Å²) in [4.78, 5) is 19.7. The van der Waals surface area contributed by atoms with Crippen LogP contribution in [0.25, 0.3) is 11.3 Å². The van der Waals surface area contributed by atoms with Crippen molar-refractivity contribution in [2.24, 2.45) is 0 Å². The number of nitrogens with zero attached hydrogens (tertiary/aromatic N) is 3. The fourth-order valence-corrected chi connectivity index (χ4v) is 2.42. The van der Waals surface area contributed by atoms with E-state index in [9.17, 15) is 10.1 Å². The molecule has 0 atom stereocenters. The van der Waals surface area contributed by atoms with Crippen molar-refractivity contribution in [2.75, 3.05) is 24.7 Å². The zero-order valence-electron chi connectivity index (χ0n) is 13.8. The summed E-state index contributed by atoms with van der Waals surface area (Å²) in [6.45, 7) is 3.93. The maximum Gasteiger partial charge on any atom is 0.302 e. The normalized spacial score (nSPS) is 10.1. The van der Waals surface area contributed by atoms with E-state index in [1.165, 1.54) is 18.7 Å². The minimum absolute atomic E-state index is 0.207. The van der Waals surface area contributed by atoms with Crippen LogP contribution in [0.5, 0.6) is 0 Å². The first kappa shape index (κ1) is 17.8. The molecule has 0 radical (unpaired) electrons. The summed E-state index contributed by atoms with van der Waals surface area (Å²) >= 11 is 1.40. The highest BCUT2D eigenvalue weighted by atomic mass is 32.2. The van der Waals surface area contributed by atoms with Crippen molar-refractivity contribution >= 4 is 23.5 Å². The minimum atomic E-state index is -0.342. The highest BCUT2D eigenvalue weighted by Crippen LogP contribution is 2.28. The molecule has 2 rings (SSSR count). The summed E-state index contributed by atoms with van der Waals surface area (Å²) in [7, 11) is 0. The Balaban J connectivity index is 2.36. The smallest absolute Gasteiger partial charge is 0.302 e. The molecule has 0 fully saturated rings. The van der Waals surface area contributed by atoms with Gasteiger partial charge in [-0.15, -0.1) is 0 Å². The molecule has 1 N–H and O–H groups in total. The van der Waals surface area contributed by atoms with E-state index in [1.807, 2.05) is 37.4 Å². The number of carbonyl (C=O) groups is 1. The molecule has 2 aromatic rings. The highest BCUT2D eigenvalue weighted by molar-refractivity contribution is 7.98. The molecule has 24 heavy (non-hydrogen) atoms. The van der Waals surface area contributed by atoms with Crippen molar-refractivity contribution in [1.82, 2.24) is 9.97 Å². The van der Waals surface area contributed by atoms with Gasteiger partial charge in [0.15, 0.2) is 5.16 Å². The summed E-state index contributed by atoms with van der Waals surface area (Å²) in [5.74, 6) is 0.102. The van der Waals surface area contributed by atoms with Gasteiger partial charge in [0.2, 0.25) is 0 Å². The number of aryl methyl sites for hydroxylation is 1. The predicted molar refractivity (Wildman–Crippen MR) is 93.8 cm³/mol. The minimum Gasteiger partial charge on any atom is -0.464 e. The molecule has 124 valence electrons. The zero-order chi connectivity index (χ0) is 17.5. The molecule has 7 heteroatoms. The van der Waals surface area contributed by atoms with Crippen LogP contribution in [-0.4, -0.2) is 35.3 Å². The van der Waals surface area contributed by atoms with Crippen molar-refractivity contribution in [3.05, 3.63) is 35.4 Å². The Morgan fingerprint density at radius 2 is 2.04 bits per heavy atom.